The minimum absolute atomic E-state index is 0.587. The van der Waals surface area contributed by atoms with Gasteiger partial charge in [-0.25, -0.2) is 4.98 Å². The number of rotatable bonds is 5. The molecular weight excluding hydrogens is 252 g/mol. The van der Waals surface area contributed by atoms with Gasteiger partial charge in [0, 0.05) is 11.3 Å². The molecule has 19 heavy (non-hydrogen) atoms. The Bertz CT molecular complexity index is 526. The molecule has 0 aliphatic rings. The lowest BCUT2D eigenvalue weighted by Crippen LogP contribution is -1.94. The number of aromatic nitrogens is 1. The third kappa shape index (κ3) is 3.57. The van der Waals surface area contributed by atoms with Crippen LogP contribution in [0.2, 0.25) is 0 Å². The van der Waals surface area contributed by atoms with Gasteiger partial charge in [-0.2, -0.15) is 0 Å². The zero-order valence-corrected chi connectivity index (χ0v) is 12.8. The molecule has 0 amide bonds. The fourth-order valence-corrected chi connectivity index (χ4v) is 3.09. The molecule has 0 aliphatic heterocycles. The van der Waals surface area contributed by atoms with Crippen LogP contribution in [-0.4, -0.2) is 4.98 Å². The number of hydrogen-bond donors (Lipinski definition) is 1. The first-order chi connectivity index (χ1) is 9.10. The summed E-state index contributed by atoms with van der Waals surface area (Å²) in [6, 6.07) is 8.90. The molecule has 0 unspecified atom stereocenters. The third-order valence-corrected chi connectivity index (χ3v) is 4.22. The number of anilines is 1. The number of nitrogens with two attached hydrogens (primary N) is 1. The highest BCUT2D eigenvalue weighted by atomic mass is 32.1. The zero-order valence-electron chi connectivity index (χ0n) is 11.9. The van der Waals surface area contributed by atoms with Crippen LogP contribution in [0.5, 0.6) is 0 Å². The topological polar surface area (TPSA) is 38.9 Å². The van der Waals surface area contributed by atoms with E-state index in [1.165, 1.54) is 21.7 Å². The monoisotopic (exact) mass is 274 g/mol. The summed E-state index contributed by atoms with van der Waals surface area (Å²) < 4.78 is 0. The van der Waals surface area contributed by atoms with Crippen LogP contribution >= 0.6 is 11.3 Å². The Kier molecular flexibility index (Phi) is 4.59. The highest BCUT2D eigenvalue weighted by Crippen LogP contribution is 2.25. The molecular formula is C16H22N2S. The largest absolute Gasteiger partial charge is 0.375 e. The number of nitrogens with zero attached hydrogens (tertiary/aromatic N) is 1. The lowest BCUT2D eigenvalue weighted by atomic mass is 10.0. The molecule has 0 radical (unpaired) electrons. The average Bonchev–Trinajstić information content (AvgIpc) is 2.71. The second-order valence-electron chi connectivity index (χ2n) is 5.25. The normalized spacial score (nSPS) is 11.2. The average molecular weight is 274 g/mol. The lowest BCUT2D eigenvalue weighted by molar-refractivity contribution is 0.864. The Hall–Kier alpha value is -1.35. The Balaban J connectivity index is 2.16. The van der Waals surface area contributed by atoms with Gasteiger partial charge < -0.3 is 5.73 Å². The molecule has 3 heteroatoms. The van der Waals surface area contributed by atoms with E-state index in [0.29, 0.717) is 11.0 Å². The molecule has 0 atom stereocenters. The highest BCUT2D eigenvalue weighted by Gasteiger charge is 2.09. The molecule has 102 valence electrons. The first-order valence-corrected chi connectivity index (χ1v) is 7.74. The van der Waals surface area contributed by atoms with Gasteiger partial charge in [0.25, 0.3) is 0 Å². The number of benzene rings is 1. The second kappa shape index (κ2) is 6.20. The van der Waals surface area contributed by atoms with Crippen molar-refractivity contribution < 1.29 is 0 Å². The van der Waals surface area contributed by atoms with E-state index in [0.717, 1.165) is 19.3 Å². The summed E-state index contributed by atoms with van der Waals surface area (Å²) in [5.74, 6) is 0.587. The van der Waals surface area contributed by atoms with Crippen molar-refractivity contribution in [3.05, 3.63) is 46.0 Å². The van der Waals surface area contributed by atoms with Gasteiger partial charge in [-0.15, -0.1) is 11.3 Å². The van der Waals surface area contributed by atoms with Crippen LogP contribution in [0.1, 0.15) is 54.8 Å². The van der Waals surface area contributed by atoms with Gasteiger partial charge in [-0.05, 0) is 23.5 Å². The zero-order chi connectivity index (χ0) is 13.8. The molecule has 1 aromatic heterocycles. The van der Waals surface area contributed by atoms with Crippen LogP contribution in [0.3, 0.4) is 0 Å². The molecule has 0 aliphatic carbocycles. The number of nitrogen functional groups attached to an aromatic ring is 1. The second-order valence-corrected chi connectivity index (χ2v) is 6.36. The minimum Gasteiger partial charge on any atom is -0.375 e. The molecule has 2 aromatic rings. The number of hydrogen-bond acceptors (Lipinski definition) is 3. The van der Waals surface area contributed by atoms with Crippen LogP contribution in [0.15, 0.2) is 24.3 Å². The van der Waals surface area contributed by atoms with Crippen molar-refractivity contribution in [1.82, 2.24) is 4.98 Å². The van der Waals surface area contributed by atoms with E-state index in [4.69, 9.17) is 5.73 Å². The first kappa shape index (κ1) is 14.1. The Morgan fingerprint density at radius 3 is 2.47 bits per heavy atom. The summed E-state index contributed by atoms with van der Waals surface area (Å²) in [5, 5.41) is 0.692. The predicted molar refractivity (Wildman–Crippen MR) is 83.9 cm³/mol. The summed E-state index contributed by atoms with van der Waals surface area (Å²) in [4.78, 5) is 5.75. The summed E-state index contributed by atoms with van der Waals surface area (Å²) >= 11 is 1.63. The number of aryl methyl sites for hydroxylation is 1. The maximum atomic E-state index is 5.83. The van der Waals surface area contributed by atoms with E-state index >= 15 is 0 Å². The molecule has 0 saturated heterocycles. The van der Waals surface area contributed by atoms with Crippen molar-refractivity contribution in [2.45, 2.75) is 46.0 Å². The molecule has 0 fully saturated rings. The van der Waals surface area contributed by atoms with E-state index in [2.05, 4.69) is 50.0 Å². The van der Waals surface area contributed by atoms with E-state index in [-0.39, 0.29) is 0 Å². The first-order valence-electron chi connectivity index (χ1n) is 6.93. The van der Waals surface area contributed by atoms with Crippen LogP contribution in [0, 0.1) is 0 Å². The summed E-state index contributed by atoms with van der Waals surface area (Å²) in [7, 11) is 0. The third-order valence-electron chi connectivity index (χ3n) is 3.29. The predicted octanol–water partition coefficient (Wildman–Crippen LogP) is 4.39. The van der Waals surface area contributed by atoms with Gasteiger partial charge in [-0.3, -0.25) is 0 Å². The van der Waals surface area contributed by atoms with Gasteiger partial charge in [0.2, 0.25) is 0 Å². The van der Waals surface area contributed by atoms with Crippen molar-refractivity contribution in [2.75, 3.05) is 5.73 Å². The maximum absolute atomic E-state index is 5.83. The molecule has 1 heterocycles. The smallest absolute Gasteiger partial charge is 0.180 e. The van der Waals surface area contributed by atoms with Crippen molar-refractivity contribution in [3.8, 4) is 0 Å². The van der Waals surface area contributed by atoms with Gasteiger partial charge >= 0.3 is 0 Å². The number of thiazole rings is 1. The summed E-state index contributed by atoms with van der Waals surface area (Å²) in [6.07, 6.45) is 3.08. The molecule has 1 aromatic carbocycles. The Morgan fingerprint density at radius 2 is 1.89 bits per heavy atom. The standard InChI is InChI=1S/C16H22N2S/c1-4-5-14-15(19-16(17)18-14)10-12-6-8-13(9-7-12)11(2)3/h6-9,11H,4-5,10H2,1-3H3,(H2,17,18). The van der Waals surface area contributed by atoms with E-state index in [1.54, 1.807) is 11.3 Å². The molecule has 0 spiro atoms. The van der Waals surface area contributed by atoms with Crippen LogP contribution in [-0.2, 0) is 12.8 Å². The molecule has 0 bridgehead atoms. The lowest BCUT2D eigenvalue weighted by Gasteiger charge is -2.07. The fraction of sp³-hybridized carbons (Fsp3) is 0.438. The molecule has 2 rings (SSSR count). The van der Waals surface area contributed by atoms with Gasteiger partial charge in [-0.1, -0.05) is 51.5 Å². The van der Waals surface area contributed by atoms with Crippen molar-refractivity contribution in [2.24, 2.45) is 0 Å². The van der Waals surface area contributed by atoms with Gasteiger partial charge in [0.05, 0.1) is 5.69 Å². The molecule has 0 saturated carbocycles. The van der Waals surface area contributed by atoms with Crippen molar-refractivity contribution in [1.29, 1.82) is 0 Å². The fourth-order valence-electron chi connectivity index (χ4n) is 2.18. The highest BCUT2D eigenvalue weighted by molar-refractivity contribution is 7.15. The van der Waals surface area contributed by atoms with Gasteiger partial charge in [0.1, 0.15) is 0 Å². The van der Waals surface area contributed by atoms with Crippen molar-refractivity contribution in [3.63, 3.8) is 0 Å². The van der Waals surface area contributed by atoms with Gasteiger partial charge in [0.15, 0.2) is 5.13 Å². The van der Waals surface area contributed by atoms with E-state index in [1.807, 2.05) is 0 Å². The minimum atomic E-state index is 0.587. The quantitative estimate of drug-likeness (QED) is 0.878. The van der Waals surface area contributed by atoms with Crippen LogP contribution < -0.4 is 5.73 Å². The Labute approximate surface area is 119 Å². The molecule has 2 N–H and O–H groups in total. The van der Waals surface area contributed by atoms with Crippen LogP contribution in [0.4, 0.5) is 5.13 Å². The Morgan fingerprint density at radius 1 is 1.21 bits per heavy atom. The maximum Gasteiger partial charge on any atom is 0.180 e. The summed E-state index contributed by atoms with van der Waals surface area (Å²) in [5.41, 5.74) is 9.74. The SMILES string of the molecule is CCCc1nc(N)sc1Cc1ccc(C(C)C)cc1. The van der Waals surface area contributed by atoms with E-state index < -0.39 is 0 Å². The summed E-state index contributed by atoms with van der Waals surface area (Å²) in [6.45, 7) is 6.62. The van der Waals surface area contributed by atoms with Crippen LogP contribution in [0.25, 0.3) is 0 Å². The van der Waals surface area contributed by atoms with E-state index in [9.17, 15) is 0 Å². The van der Waals surface area contributed by atoms with Crippen molar-refractivity contribution >= 4 is 16.5 Å². The molecule has 2 nitrogen and oxygen atoms in total.